The number of fused-ring (bicyclic) bond motifs is 1. The number of nitrogens with zero attached hydrogens (tertiary/aromatic N) is 5. The van der Waals surface area contributed by atoms with Crippen LogP contribution in [0.25, 0.3) is 28.0 Å². The van der Waals surface area contributed by atoms with Crippen molar-refractivity contribution in [1.29, 1.82) is 0 Å². The van der Waals surface area contributed by atoms with Gasteiger partial charge >= 0.3 is 5.69 Å². The first-order valence-corrected chi connectivity index (χ1v) is 12.5. The second-order valence-corrected chi connectivity index (χ2v) is 9.93. The Balaban J connectivity index is 1.92. The van der Waals surface area contributed by atoms with Crippen molar-refractivity contribution in [2.75, 3.05) is 11.4 Å². The molecule has 5 rings (SSSR count). The Kier molecular flexibility index (Phi) is 6.39. The van der Waals surface area contributed by atoms with E-state index in [1.807, 2.05) is 25.7 Å². The molecular weight excluding hydrogens is 476 g/mol. The van der Waals surface area contributed by atoms with Crippen LogP contribution in [0.3, 0.4) is 0 Å². The van der Waals surface area contributed by atoms with Crippen LogP contribution in [0.15, 0.2) is 41.3 Å². The lowest BCUT2D eigenvalue weighted by atomic mass is 10.0. The summed E-state index contributed by atoms with van der Waals surface area (Å²) in [4.78, 5) is 29.2. The molecule has 0 saturated carbocycles. The molecule has 0 spiro atoms. The molecule has 9 heteroatoms. The molecule has 37 heavy (non-hydrogen) atoms. The first-order valence-electron chi connectivity index (χ1n) is 12.5. The summed E-state index contributed by atoms with van der Waals surface area (Å²) in [5.41, 5.74) is 0.743. The number of phenolic OH excluding ortho intramolecular Hbond substituents is 1. The minimum atomic E-state index is -0.821. The zero-order chi connectivity index (χ0) is 26.4. The third-order valence-corrected chi connectivity index (χ3v) is 7.03. The Morgan fingerprint density at radius 2 is 1.89 bits per heavy atom. The molecule has 7 nitrogen and oxygen atoms in total. The van der Waals surface area contributed by atoms with Gasteiger partial charge in [-0.25, -0.2) is 23.1 Å². The number of halogens is 2. The van der Waals surface area contributed by atoms with Gasteiger partial charge in [-0.1, -0.05) is 19.9 Å². The molecule has 3 aromatic heterocycles. The molecule has 1 atom stereocenters. The first-order chi connectivity index (χ1) is 17.7. The van der Waals surface area contributed by atoms with Gasteiger partial charge in [-0.3, -0.25) is 4.98 Å². The van der Waals surface area contributed by atoms with Gasteiger partial charge in [0, 0.05) is 18.8 Å². The number of phenols is 1. The van der Waals surface area contributed by atoms with Crippen molar-refractivity contribution < 1.29 is 13.9 Å². The molecule has 1 saturated heterocycles. The highest BCUT2D eigenvalue weighted by Crippen LogP contribution is 2.37. The van der Waals surface area contributed by atoms with Gasteiger partial charge in [-0.05, 0) is 68.9 Å². The van der Waals surface area contributed by atoms with Gasteiger partial charge in [0.1, 0.15) is 23.1 Å². The zero-order valence-corrected chi connectivity index (χ0v) is 21.3. The van der Waals surface area contributed by atoms with Crippen LogP contribution < -0.4 is 10.6 Å². The van der Waals surface area contributed by atoms with E-state index in [4.69, 9.17) is 0 Å². The largest absolute Gasteiger partial charge is 0.507 e. The van der Waals surface area contributed by atoms with E-state index in [9.17, 15) is 14.3 Å². The maximum atomic E-state index is 15.6. The number of aryl methyl sites for hydroxylation is 1. The van der Waals surface area contributed by atoms with Gasteiger partial charge in [0.05, 0.1) is 22.3 Å². The fraction of sp³-hybridized carbons (Fsp3) is 0.357. The second-order valence-electron chi connectivity index (χ2n) is 9.93. The third kappa shape index (κ3) is 4.22. The molecule has 4 heterocycles. The van der Waals surface area contributed by atoms with Crippen LogP contribution in [0.4, 0.5) is 14.6 Å². The summed E-state index contributed by atoms with van der Waals surface area (Å²) in [6, 6.07) is 6.85. The summed E-state index contributed by atoms with van der Waals surface area (Å²) in [5.74, 6) is -1.77. The molecule has 1 N–H and O–H groups in total. The number of hydrogen-bond donors (Lipinski definition) is 1. The molecule has 0 bridgehead atoms. The molecule has 1 fully saturated rings. The predicted octanol–water partition coefficient (Wildman–Crippen LogP) is 5.64. The molecular formula is C28H29F2N5O2. The normalized spacial score (nSPS) is 16.1. The van der Waals surface area contributed by atoms with Crippen molar-refractivity contribution in [3.63, 3.8) is 0 Å². The lowest BCUT2D eigenvalue weighted by Crippen LogP contribution is -2.40. The van der Waals surface area contributed by atoms with E-state index in [0.29, 0.717) is 29.1 Å². The molecule has 0 amide bonds. The third-order valence-electron chi connectivity index (χ3n) is 7.03. The average molecular weight is 506 g/mol. The molecule has 1 aromatic carbocycles. The number of anilines is 1. The summed E-state index contributed by atoms with van der Waals surface area (Å²) in [5, 5.41) is 10.7. The SMILES string of the molecule is Cc1ccnc(C(C)C)c1-n1c(=O)nc(N2CCCC[C@@H]2C)c2cc(F)c(-c3c(O)cccc3F)nc21. The Morgan fingerprint density at radius 3 is 2.59 bits per heavy atom. The van der Waals surface area contributed by atoms with Crippen molar-refractivity contribution in [1.82, 2.24) is 19.5 Å². The summed E-state index contributed by atoms with van der Waals surface area (Å²) < 4.78 is 31.8. The van der Waals surface area contributed by atoms with Crippen LogP contribution in [0.2, 0.25) is 0 Å². The second kappa shape index (κ2) is 9.53. The van der Waals surface area contributed by atoms with E-state index in [1.54, 1.807) is 12.3 Å². The van der Waals surface area contributed by atoms with Gasteiger partial charge in [-0.2, -0.15) is 4.98 Å². The number of hydrogen-bond acceptors (Lipinski definition) is 6. The number of aromatic hydroxyl groups is 1. The number of rotatable bonds is 4. The lowest BCUT2D eigenvalue weighted by molar-refractivity contribution is 0.470. The van der Waals surface area contributed by atoms with Crippen molar-refractivity contribution in [2.24, 2.45) is 0 Å². The quantitative estimate of drug-likeness (QED) is 0.387. The fourth-order valence-corrected chi connectivity index (χ4v) is 5.15. The molecule has 0 radical (unpaired) electrons. The summed E-state index contributed by atoms with van der Waals surface area (Å²) in [7, 11) is 0. The van der Waals surface area contributed by atoms with E-state index in [-0.39, 0.29) is 28.9 Å². The van der Waals surface area contributed by atoms with Gasteiger partial charge in [0.25, 0.3) is 0 Å². The molecule has 1 aliphatic rings. The molecule has 4 aromatic rings. The van der Waals surface area contributed by atoms with Crippen LogP contribution in [0.1, 0.15) is 57.2 Å². The van der Waals surface area contributed by atoms with Crippen LogP contribution >= 0.6 is 0 Å². The van der Waals surface area contributed by atoms with Crippen LogP contribution in [-0.4, -0.2) is 37.2 Å². The van der Waals surface area contributed by atoms with Crippen molar-refractivity contribution >= 4 is 16.9 Å². The van der Waals surface area contributed by atoms with Crippen LogP contribution in [-0.2, 0) is 0 Å². The highest BCUT2D eigenvalue weighted by molar-refractivity contribution is 5.91. The Morgan fingerprint density at radius 1 is 1.11 bits per heavy atom. The van der Waals surface area contributed by atoms with Gasteiger partial charge in [0.15, 0.2) is 11.5 Å². The average Bonchev–Trinajstić information content (AvgIpc) is 2.85. The Hall–Kier alpha value is -3.88. The van der Waals surface area contributed by atoms with Crippen molar-refractivity contribution in [3.8, 4) is 22.7 Å². The Labute approximate surface area is 213 Å². The summed E-state index contributed by atoms with van der Waals surface area (Å²) in [6.45, 7) is 8.51. The Bertz CT molecular complexity index is 1550. The van der Waals surface area contributed by atoms with E-state index in [0.717, 1.165) is 30.9 Å². The minimum Gasteiger partial charge on any atom is -0.507 e. The van der Waals surface area contributed by atoms with Crippen LogP contribution in [0, 0.1) is 18.6 Å². The monoisotopic (exact) mass is 505 g/mol. The number of aromatic nitrogens is 4. The number of benzene rings is 1. The van der Waals surface area contributed by atoms with E-state index in [1.165, 1.54) is 22.8 Å². The standard InChI is InChI=1S/C28H29F2N5O2/c1-15(2)23-25(16(3)11-12-31-23)35-27-18(26(33-28(35)37)34-13-6-5-8-17(34)4)14-20(30)24(32-27)22-19(29)9-7-10-21(22)36/h7,9-12,14-15,17,36H,5-6,8,13H2,1-4H3/t17-/m0/s1. The summed E-state index contributed by atoms with van der Waals surface area (Å²) in [6.07, 6.45) is 4.58. The van der Waals surface area contributed by atoms with Crippen molar-refractivity contribution in [3.05, 3.63) is 69.9 Å². The lowest BCUT2D eigenvalue weighted by Gasteiger charge is -2.35. The number of pyridine rings is 2. The maximum Gasteiger partial charge on any atom is 0.355 e. The molecule has 1 aliphatic heterocycles. The molecule has 0 aliphatic carbocycles. The molecule has 0 unspecified atom stereocenters. The van der Waals surface area contributed by atoms with E-state index < -0.39 is 23.1 Å². The van der Waals surface area contributed by atoms with Gasteiger partial charge in [-0.15, -0.1) is 0 Å². The fourth-order valence-electron chi connectivity index (χ4n) is 5.15. The van der Waals surface area contributed by atoms with E-state index >= 15 is 4.39 Å². The van der Waals surface area contributed by atoms with E-state index in [2.05, 4.69) is 21.9 Å². The van der Waals surface area contributed by atoms with Gasteiger partial charge in [0.2, 0.25) is 0 Å². The first kappa shape index (κ1) is 24.8. The highest BCUT2D eigenvalue weighted by atomic mass is 19.1. The highest BCUT2D eigenvalue weighted by Gasteiger charge is 2.28. The minimum absolute atomic E-state index is 0.0332. The number of piperidine rings is 1. The maximum absolute atomic E-state index is 15.6. The summed E-state index contributed by atoms with van der Waals surface area (Å²) >= 11 is 0. The smallest absolute Gasteiger partial charge is 0.355 e. The predicted molar refractivity (Wildman–Crippen MR) is 139 cm³/mol. The van der Waals surface area contributed by atoms with Gasteiger partial charge < -0.3 is 10.0 Å². The molecule has 192 valence electrons. The van der Waals surface area contributed by atoms with Crippen molar-refractivity contribution in [2.45, 2.75) is 58.9 Å². The zero-order valence-electron chi connectivity index (χ0n) is 21.3. The van der Waals surface area contributed by atoms with Crippen LogP contribution in [0.5, 0.6) is 5.75 Å². The topological polar surface area (TPSA) is 84.1 Å².